The Hall–Kier alpha value is -0.450. The molecule has 0 spiro atoms. The highest BCUT2D eigenvalue weighted by atomic mass is 32.1. The molecule has 16 heavy (non-hydrogen) atoms. The Bertz CT molecular complexity index is 316. The first-order valence-electron chi connectivity index (χ1n) is 6.21. The standard InChI is InChI=1S/C12H21N3S/c1-3-15(4-2)9-12-14-8-11(16-12)7-13-10-5-6-10/h8,10,13H,3-7,9H2,1-2H3. The molecule has 0 amide bonds. The van der Waals surface area contributed by atoms with Crippen molar-refractivity contribution < 1.29 is 0 Å². The first kappa shape index (κ1) is 12.0. The van der Waals surface area contributed by atoms with Crippen LogP contribution in [0.15, 0.2) is 6.20 Å². The van der Waals surface area contributed by atoms with Crippen LogP contribution in [0.3, 0.4) is 0 Å². The van der Waals surface area contributed by atoms with Gasteiger partial charge in [0.2, 0.25) is 0 Å². The van der Waals surface area contributed by atoms with Crippen LogP contribution in [0.5, 0.6) is 0 Å². The maximum absolute atomic E-state index is 4.49. The highest BCUT2D eigenvalue weighted by molar-refractivity contribution is 7.11. The molecule has 1 heterocycles. The summed E-state index contributed by atoms with van der Waals surface area (Å²) in [6.45, 7) is 8.61. The zero-order valence-corrected chi connectivity index (χ0v) is 11.0. The van der Waals surface area contributed by atoms with E-state index in [1.54, 1.807) is 0 Å². The summed E-state index contributed by atoms with van der Waals surface area (Å²) in [5, 5.41) is 4.77. The van der Waals surface area contributed by atoms with E-state index in [1.807, 2.05) is 17.5 Å². The third-order valence-electron chi connectivity index (χ3n) is 3.00. The van der Waals surface area contributed by atoms with Crippen molar-refractivity contribution in [2.75, 3.05) is 13.1 Å². The van der Waals surface area contributed by atoms with Gasteiger partial charge < -0.3 is 5.32 Å². The summed E-state index contributed by atoms with van der Waals surface area (Å²) in [5.41, 5.74) is 0. The van der Waals surface area contributed by atoms with E-state index in [1.165, 1.54) is 22.7 Å². The zero-order valence-electron chi connectivity index (χ0n) is 10.2. The van der Waals surface area contributed by atoms with Gasteiger partial charge in [0.15, 0.2) is 0 Å². The van der Waals surface area contributed by atoms with Crippen molar-refractivity contribution in [2.45, 2.75) is 45.8 Å². The average molecular weight is 239 g/mol. The first-order valence-corrected chi connectivity index (χ1v) is 7.02. The van der Waals surface area contributed by atoms with Crippen molar-refractivity contribution in [2.24, 2.45) is 0 Å². The lowest BCUT2D eigenvalue weighted by molar-refractivity contribution is 0.295. The summed E-state index contributed by atoms with van der Waals surface area (Å²) >= 11 is 1.85. The highest BCUT2D eigenvalue weighted by Gasteiger charge is 2.20. The molecule has 1 aromatic rings. The van der Waals surface area contributed by atoms with Crippen LogP contribution in [0.2, 0.25) is 0 Å². The van der Waals surface area contributed by atoms with E-state index in [9.17, 15) is 0 Å². The topological polar surface area (TPSA) is 28.2 Å². The molecule has 0 aliphatic heterocycles. The number of aromatic nitrogens is 1. The third-order valence-corrected chi connectivity index (χ3v) is 3.98. The first-order chi connectivity index (χ1) is 7.81. The largest absolute Gasteiger partial charge is 0.309 e. The Labute approximate surface area is 102 Å². The van der Waals surface area contributed by atoms with Crippen LogP contribution < -0.4 is 5.32 Å². The van der Waals surface area contributed by atoms with Gasteiger partial charge in [0.05, 0.1) is 6.54 Å². The summed E-state index contributed by atoms with van der Waals surface area (Å²) in [6.07, 6.45) is 4.73. The Morgan fingerprint density at radius 2 is 2.19 bits per heavy atom. The lowest BCUT2D eigenvalue weighted by Crippen LogP contribution is -2.21. The molecular formula is C12H21N3S. The van der Waals surface area contributed by atoms with Crippen molar-refractivity contribution in [1.82, 2.24) is 15.2 Å². The SMILES string of the molecule is CCN(CC)Cc1ncc(CNC2CC2)s1. The fourth-order valence-corrected chi connectivity index (χ4v) is 2.59. The van der Waals surface area contributed by atoms with Gasteiger partial charge in [-0.1, -0.05) is 13.8 Å². The van der Waals surface area contributed by atoms with Crippen LogP contribution >= 0.6 is 11.3 Å². The van der Waals surface area contributed by atoms with E-state index >= 15 is 0 Å². The van der Waals surface area contributed by atoms with E-state index in [-0.39, 0.29) is 0 Å². The molecule has 3 nitrogen and oxygen atoms in total. The fourth-order valence-electron chi connectivity index (χ4n) is 1.67. The van der Waals surface area contributed by atoms with Crippen LogP contribution in [-0.2, 0) is 13.1 Å². The second-order valence-corrected chi connectivity index (χ2v) is 5.54. The molecule has 1 aliphatic carbocycles. The number of nitrogens with one attached hydrogen (secondary N) is 1. The van der Waals surface area contributed by atoms with Gasteiger partial charge in [-0.05, 0) is 25.9 Å². The second kappa shape index (κ2) is 5.75. The summed E-state index contributed by atoms with van der Waals surface area (Å²) < 4.78 is 0. The van der Waals surface area contributed by atoms with Crippen molar-refractivity contribution >= 4 is 11.3 Å². The number of hydrogen-bond donors (Lipinski definition) is 1. The molecule has 1 N–H and O–H groups in total. The summed E-state index contributed by atoms with van der Waals surface area (Å²) in [4.78, 5) is 8.26. The monoisotopic (exact) mass is 239 g/mol. The molecule has 1 saturated carbocycles. The molecule has 0 unspecified atom stereocenters. The minimum Gasteiger partial charge on any atom is -0.309 e. The number of thiazole rings is 1. The predicted octanol–water partition coefficient (Wildman–Crippen LogP) is 2.24. The molecule has 0 bridgehead atoms. The van der Waals surface area contributed by atoms with Crippen LogP contribution in [0.1, 0.15) is 36.6 Å². The van der Waals surface area contributed by atoms with Gasteiger partial charge in [-0.25, -0.2) is 4.98 Å². The predicted molar refractivity (Wildman–Crippen MR) is 68.6 cm³/mol. The van der Waals surface area contributed by atoms with Crippen LogP contribution in [-0.4, -0.2) is 29.0 Å². The quantitative estimate of drug-likeness (QED) is 0.791. The van der Waals surface area contributed by atoms with Crippen molar-refractivity contribution in [1.29, 1.82) is 0 Å². The Morgan fingerprint density at radius 3 is 2.81 bits per heavy atom. The number of nitrogens with zero attached hydrogens (tertiary/aromatic N) is 2. The van der Waals surface area contributed by atoms with Gasteiger partial charge in [-0.15, -0.1) is 11.3 Å². The van der Waals surface area contributed by atoms with Crippen LogP contribution in [0.25, 0.3) is 0 Å². The second-order valence-electron chi connectivity index (χ2n) is 4.34. The van der Waals surface area contributed by atoms with Gasteiger partial charge in [-0.3, -0.25) is 4.90 Å². The third kappa shape index (κ3) is 3.54. The molecule has 0 saturated heterocycles. The van der Waals surface area contributed by atoms with Crippen LogP contribution in [0, 0.1) is 0 Å². The Kier molecular flexibility index (Phi) is 4.32. The van der Waals surface area contributed by atoms with Crippen molar-refractivity contribution in [3.05, 3.63) is 16.1 Å². The van der Waals surface area contributed by atoms with Gasteiger partial charge in [0.1, 0.15) is 5.01 Å². The van der Waals surface area contributed by atoms with Crippen molar-refractivity contribution in [3.8, 4) is 0 Å². The number of hydrogen-bond acceptors (Lipinski definition) is 4. The molecule has 2 rings (SSSR count). The highest BCUT2D eigenvalue weighted by Crippen LogP contribution is 2.21. The van der Waals surface area contributed by atoms with E-state index in [4.69, 9.17) is 0 Å². The number of rotatable bonds is 7. The Morgan fingerprint density at radius 1 is 1.44 bits per heavy atom. The normalized spacial score (nSPS) is 15.9. The Balaban J connectivity index is 1.80. The molecule has 4 heteroatoms. The van der Waals surface area contributed by atoms with E-state index in [0.717, 1.165) is 32.2 Å². The summed E-state index contributed by atoms with van der Waals surface area (Å²) in [5.74, 6) is 0. The van der Waals surface area contributed by atoms with E-state index < -0.39 is 0 Å². The van der Waals surface area contributed by atoms with E-state index in [2.05, 4.69) is 29.0 Å². The minimum atomic E-state index is 0.785. The molecule has 1 fully saturated rings. The minimum absolute atomic E-state index is 0.785. The maximum atomic E-state index is 4.49. The average Bonchev–Trinajstić information content (AvgIpc) is 3.03. The lowest BCUT2D eigenvalue weighted by Gasteiger charge is -2.15. The summed E-state index contributed by atoms with van der Waals surface area (Å²) in [6, 6.07) is 0.785. The maximum Gasteiger partial charge on any atom is 0.107 e. The van der Waals surface area contributed by atoms with Gasteiger partial charge in [0, 0.05) is 23.7 Å². The molecule has 0 radical (unpaired) electrons. The van der Waals surface area contributed by atoms with E-state index in [0.29, 0.717) is 0 Å². The van der Waals surface area contributed by atoms with Gasteiger partial charge in [0.25, 0.3) is 0 Å². The van der Waals surface area contributed by atoms with Gasteiger partial charge in [-0.2, -0.15) is 0 Å². The smallest absolute Gasteiger partial charge is 0.107 e. The van der Waals surface area contributed by atoms with Crippen LogP contribution in [0.4, 0.5) is 0 Å². The molecule has 0 atom stereocenters. The zero-order chi connectivity index (χ0) is 11.4. The van der Waals surface area contributed by atoms with Gasteiger partial charge >= 0.3 is 0 Å². The van der Waals surface area contributed by atoms with Crippen molar-refractivity contribution in [3.63, 3.8) is 0 Å². The molecule has 90 valence electrons. The summed E-state index contributed by atoms with van der Waals surface area (Å²) in [7, 11) is 0. The molecule has 0 aromatic carbocycles. The molecular weight excluding hydrogens is 218 g/mol. The molecule has 1 aliphatic rings. The molecule has 1 aromatic heterocycles. The fraction of sp³-hybridized carbons (Fsp3) is 0.750. The lowest BCUT2D eigenvalue weighted by atomic mass is 10.5.